The van der Waals surface area contributed by atoms with Crippen LogP contribution in [0.5, 0.6) is 0 Å². The average Bonchev–Trinajstić information content (AvgIpc) is 2.39. The van der Waals surface area contributed by atoms with E-state index in [4.69, 9.17) is 11.6 Å². The van der Waals surface area contributed by atoms with E-state index in [1.54, 1.807) is 17.0 Å². The minimum atomic E-state index is -0.650. The number of aliphatic hydroxyl groups is 1. The standard InChI is InChI=1S/C15H23ClN2O2/c1-4-18(5-2)15(20)11-17(3)10-14(19)12-7-6-8-13(16)9-12/h6-9,14,19H,4-5,10-11H2,1-3H3. The van der Waals surface area contributed by atoms with Gasteiger partial charge in [-0.15, -0.1) is 0 Å². The van der Waals surface area contributed by atoms with E-state index in [2.05, 4.69) is 0 Å². The molecule has 20 heavy (non-hydrogen) atoms. The molecule has 0 heterocycles. The summed E-state index contributed by atoms with van der Waals surface area (Å²) >= 11 is 5.90. The molecule has 1 N–H and O–H groups in total. The smallest absolute Gasteiger partial charge is 0.236 e. The lowest BCUT2D eigenvalue weighted by atomic mass is 10.1. The summed E-state index contributed by atoms with van der Waals surface area (Å²) in [5, 5.41) is 10.8. The highest BCUT2D eigenvalue weighted by molar-refractivity contribution is 6.30. The Morgan fingerprint density at radius 3 is 2.55 bits per heavy atom. The Morgan fingerprint density at radius 2 is 2.00 bits per heavy atom. The minimum Gasteiger partial charge on any atom is -0.387 e. The summed E-state index contributed by atoms with van der Waals surface area (Å²) in [6, 6.07) is 7.15. The Hall–Kier alpha value is -1.10. The molecule has 112 valence electrons. The van der Waals surface area contributed by atoms with E-state index in [0.29, 0.717) is 31.2 Å². The lowest BCUT2D eigenvalue weighted by Gasteiger charge is -2.24. The van der Waals surface area contributed by atoms with E-state index in [9.17, 15) is 9.90 Å². The topological polar surface area (TPSA) is 43.8 Å². The van der Waals surface area contributed by atoms with Crippen molar-refractivity contribution in [3.63, 3.8) is 0 Å². The van der Waals surface area contributed by atoms with Gasteiger partial charge in [0.1, 0.15) is 0 Å². The van der Waals surface area contributed by atoms with Crippen molar-refractivity contribution in [2.75, 3.05) is 33.2 Å². The highest BCUT2D eigenvalue weighted by atomic mass is 35.5. The summed E-state index contributed by atoms with van der Waals surface area (Å²) < 4.78 is 0. The van der Waals surface area contributed by atoms with Crippen molar-refractivity contribution in [1.29, 1.82) is 0 Å². The Kier molecular flexibility index (Phi) is 6.99. The Bertz CT molecular complexity index is 436. The van der Waals surface area contributed by atoms with Crippen LogP contribution >= 0.6 is 11.6 Å². The Labute approximate surface area is 125 Å². The van der Waals surface area contributed by atoms with Gasteiger partial charge in [-0.2, -0.15) is 0 Å². The fourth-order valence-corrected chi connectivity index (χ4v) is 2.28. The summed E-state index contributed by atoms with van der Waals surface area (Å²) in [6.45, 7) is 6.04. The third-order valence-electron chi connectivity index (χ3n) is 3.24. The monoisotopic (exact) mass is 298 g/mol. The van der Waals surface area contributed by atoms with E-state index in [-0.39, 0.29) is 5.91 Å². The first-order chi connectivity index (χ1) is 9.47. The number of aliphatic hydroxyl groups excluding tert-OH is 1. The normalized spacial score (nSPS) is 12.5. The van der Waals surface area contributed by atoms with Gasteiger partial charge in [0.15, 0.2) is 0 Å². The van der Waals surface area contributed by atoms with Crippen LogP contribution in [0.4, 0.5) is 0 Å². The number of likely N-dealkylation sites (N-methyl/N-ethyl adjacent to an activating group) is 2. The summed E-state index contributed by atoms with van der Waals surface area (Å²) in [4.78, 5) is 15.6. The summed E-state index contributed by atoms with van der Waals surface area (Å²) in [6.07, 6.45) is -0.650. The highest BCUT2D eigenvalue weighted by Crippen LogP contribution is 2.18. The molecule has 0 fully saturated rings. The molecular weight excluding hydrogens is 276 g/mol. The number of halogens is 1. The molecule has 1 aromatic carbocycles. The van der Waals surface area contributed by atoms with E-state index < -0.39 is 6.10 Å². The van der Waals surface area contributed by atoms with Crippen LogP contribution in [-0.4, -0.2) is 54.0 Å². The van der Waals surface area contributed by atoms with Gasteiger partial charge in [0.05, 0.1) is 12.6 Å². The Balaban J connectivity index is 2.53. The molecule has 5 heteroatoms. The van der Waals surface area contributed by atoms with Crippen LogP contribution in [0.25, 0.3) is 0 Å². The molecule has 0 aliphatic carbocycles. The zero-order chi connectivity index (χ0) is 15.1. The molecule has 0 aliphatic heterocycles. The number of carbonyl (C=O) groups is 1. The van der Waals surface area contributed by atoms with Gasteiger partial charge in [0, 0.05) is 24.7 Å². The molecule has 0 aliphatic rings. The first kappa shape index (κ1) is 17.0. The molecule has 0 radical (unpaired) electrons. The molecule has 0 saturated carbocycles. The quantitative estimate of drug-likeness (QED) is 0.839. The van der Waals surface area contributed by atoms with Crippen LogP contribution in [0, 0.1) is 0 Å². The molecule has 1 rings (SSSR count). The van der Waals surface area contributed by atoms with Gasteiger partial charge < -0.3 is 10.0 Å². The predicted molar refractivity (Wildman–Crippen MR) is 81.8 cm³/mol. The lowest BCUT2D eigenvalue weighted by Crippen LogP contribution is -2.40. The maximum Gasteiger partial charge on any atom is 0.236 e. The van der Waals surface area contributed by atoms with Gasteiger partial charge in [-0.25, -0.2) is 0 Å². The third-order valence-corrected chi connectivity index (χ3v) is 3.47. The number of rotatable bonds is 7. The van der Waals surface area contributed by atoms with Crippen LogP contribution < -0.4 is 0 Å². The molecule has 1 aromatic rings. The Morgan fingerprint density at radius 1 is 1.35 bits per heavy atom. The molecule has 0 spiro atoms. The number of nitrogens with zero attached hydrogens (tertiary/aromatic N) is 2. The van der Waals surface area contributed by atoms with Gasteiger partial charge in [0.25, 0.3) is 0 Å². The molecule has 0 saturated heterocycles. The van der Waals surface area contributed by atoms with Crippen LogP contribution in [0.15, 0.2) is 24.3 Å². The summed E-state index contributed by atoms with van der Waals surface area (Å²) in [7, 11) is 1.83. The molecule has 1 amide bonds. The van der Waals surface area contributed by atoms with E-state index in [1.165, 1.54) is 0 Å². The maximum absolute atomic E-state index is 12.0. The number of hydrogen-bond acceptors (Lipinski definition) is 3. The zero-order valence-electron chi connectivity index (χ0n) is 12.3. The number of hydrogen-bond donors (Lipinski definition) is 1. The third kappa shape index (κ3) is 5.12. The number of carbonyl (C=O) groups excluding carboxylic acids is 1. The van der Waals surface area contributed by atoms with Crippen LogP contribution in [0.3, 0.4) is 0 Å². The van der Waals surface area contributed by atoms with Crippen molar-refractivity contribution >= 4 is 17.5 Å². The van der Waals surface area contributed by atoms with Gasteiger partial charge >= 0.3 is 0 Å². The first-order valence-electron chi connectivity index (χ1n) is 6.87. The van der Waals surface area contributed by atoms with Crippen molar-refractivity contribution in [3.8, 4) is 0 Å². The van der Waals surface area contributed by atoms with Crippen molar-refractivity contribution in [3.05, 3.63) is 34.9 Å². The zero-order valence-corrected chi connectivity index (χ0v) is 13.1. The lowest BCUT2D eigenvalue weighted by molar-refractivity contribution is -0.132. The molecule has 1 atom stereocenters. The van der Waals surface area contributed by atoms with Crippen molar-refractivity contribution < 1.29 is 9.90 Å². The second kappa shape index (κ2) is 8.25. The average molecular weight is 299 g/mol. The molecule has 0 aromatic heterocycles. The second-order valence-corrected chi connectivity index (χ2v) is 5.27. The SMILES string of the molecule is CCN(CC)C(=O)CN(C)CC(O)c1cccc(Cl)c1. The largest absolute Gasteiger partial charge is 0.387 e. The van der Waals surface area contributed by atoms with Crippen LogP contribution in [0.2, 0.25) is 5.02 Å². The second-order valence-electron chi connectivity index (χ2n) is 4.83. The van der Waals surface area contributed by atoms with Gasteiger partial charge in [-0.05, 0) is 38.6 Å². The van der Waals surface area contributed by atoms with Crippen LogP contribution in [0.1, 0.15) is 25.5 Å². The molecule has 1 unspecified atom stereocenters. The molecule has 4 nitrogen and oxygen atoms in total. The molecular formula is C15H23ClN2O2. The maximum atomic E-state index is 12.0. The van der Waals surface area contributed by atoms with Crippen molar-refractivity contribution in [2.24, 2.45) is 0 Å². The van der Waals surface area contributed by atoms with Gasteiger partial charge in [-0.1, -0.05) is 23.7 Å². The fourth-order valence-electron chi connectivity index (χ4n) is 2.09. The summed E-state index contributed by atoms with van der Waals surface area (Å²) in [5.41, 5.74) is 0.764. The number of amides is 1. The van der Waals surface area contributed by atoms with Gasteiger partial charge in [-0.3, -0.25) is 9.69 Å². The van der Waals surface area contributed by atoms with Crippen molar-refractivity contribution in [1.82, 2.24) is 9.80 Å². The van der Waals surface area contributed by atoms with Crippen molar-refractivity contribution in [2.45, 2.75) is 20.0 Å². The van der Waals surface area contributed by atoms with E-state index >= 15 is 0 Å². The fraction of sp³-hybridized carbons (Fsp3) is 0.533. The predicted octanol–water partition coefficient (Wildman–Crippen LogP) is 2.17. The highest BCUT2D eigenvalue weighted by Gasteiger charge is 2.16. The van der Waals surface area contributed by atoms with Gasteiger partial charge in [0.2, 0.25) is 5.91 Å². The first-order valence-corrected chi connectivity index (χ1v) is 7.25. The summed E-state index contributed by atoms with van der Waals surface area (Å²) in [5.74, 6) is 0.0794. The van der Waals surface area contributed by atoms with E-state index in [0.717, 1.165) is 5.56 Å². The van der Waals surface area contributed by atoms with Crippen LogP contribution in [-0.2, 0) is 4.79 Å². The minimum absolute atomic E-state index is 0.0794. The number of benzene rings is 1. The molecule has 0 bridgehead atoms. The van der Waals surface area contributed by atoms with E-state index in [1.807, 2.05) is 37.9 Å².